The SMILES string of the molecule is CCCC(=O)CCc1cc(C)nc2ccccc12. The molecule has 0 fully saturated rings. The molecule has 0 aliphatic carbocycles. The van der Waals surface area contributed by atoms with Gasteiger partial charge in [0.15, 0.2) is 0 Å². The van der Waals surface area contributed by atoms with Gasteiger partial charge in [-0.2, -0.15) is 0 Å². The number of carbonyl (C=O) groups excluding carboxylic acids is 1. The molecule has 18 heavy (non-hydrogen) atoms. The van der Waals surface area contributed by atoms with E-state index in [1.165, 1.54) is 10.9 Å². The number of benzene rings is 1. The Labute approximate surface area is 108 Å². The molecule has 0 spiro atoms. The Bertz CT molecular complexity index is 560. The van der Waals surface area contributed by atoms with E-state index in [0.717, 1.165) is 24.1 Å². The minimum absolute atomic E-state index is 0.357. The van der Waals surface area contributed by atoms with Crippen LogP contribution in [0.2, 0.25) is 0 Å². The highest BCUT2D eigenvalue weighted by Crippen LogP contribution is 2.19. The number of carbonyl (C=O) groups is 1. The maximum Gasteiger partial charge on any atom is 0.133 e. The third kappa shape index (κ3) is 2.95. The fraction of sp³-hybridized carbons (Fsp3) is 0.375. The van der Waals surface area contributed by atoms with Gasteiger partial charge in [0.25, 0.3) is 0 Å². The van der Waals surface area contributed by atoms with E-state index < -0.39 is 0 Å². The molecule has 2 rings (SSSR count). The Morgan fingerprint density at radius 3 is 2.78 bits per heavy atom. The number of Topliss-reactive ketones (excluding diaryl/α,β-unsaturated/α-hetero) is 1. The van der Waals surface area contributed by atoms with Crippen LogP contribution in [-0.4, -0.2) is 10.8 Å². The Morgan fingerprint density at radius 2 is 2.00 bits per heavy atom. The summed E-state index contributed by atoms with van der Waals surface area (Å²) >= 11 is 0. The first-order valence-electron chi connectivity index (χ1n) is 6.57. The van der Waals surface area contributed by atoms with Crippen molar-refractivity contribution < 1.29 is 4.79 Å². The summed E-state index contributed by atoms with van der Waals surface area (Å²) < 4.78 is 0. The summed E-state index contributed by atoms with van der Waals surface area (Å²) in [5, 5.41) is 1.17. The van der Waals surface area contributed by atoms with E-state index in [9.17, 15) is 4.79 Å². The molecule has 0 saturated heterocycles. The van der Waals surface area contributed by atoms with Crippen LogP contribution in [0, 0.1) is 6.92 Å². The summed E-state index contributed by atoms with van der Waals surface area (Å²) in [5.74, 6) is 0.357. The van der Waals surface area contributed by atoms with Gasteiger partial charge in [0.1, 0.15) is 5.78 Å². The zero-order valence-electron chi connectivity index (χ0n) is 11.1. The third-order valence-corrected chi connectivity index (χ3v) is 3.13. The summed E-state index contributed by atoms with van der Waals surface area (Å²) in [7, 11) is 0. The lowest BCUT2D eigenvalue weighted by molar-refractivity contribution is -0.119. The third-order valence-electron chi connectivity index (χ3n) is 3.13. The van der Waals surface area contributed by atoms with Crippen molar-refractivity contribution in [3.63, 3.8) is 0 Å². The molecule has 2 heteroatoms. The predicted octanol–water partition coefficient (Wildman–Crippen LogP) is 3.85. The number of hydrogen-bond acceptors (Lipinski definition) is 2. The molecule has 94 valence electrons. The maximum absolute atomic E-state index is 11.6. The number of para-hydroxylation sites is 1. The Balaban J connectivity index is 2.24. The van der Waals surface area contributed by atoms with Crippen molar-refractivity contribution in [3.8, 4) is 0 Å². The fourth-order valence-electron chi connectivity index (χ4n) is 2.28. The second-order valence-electron chi connectivity index (χ2n) is 4.73. The summed E-state index contributed by atoms with van der Waals surface area (Å²) in [5.41, 5.74) is 3.28. The van der Waals surface area contributed by atoms with Crippen molar-refractivity contribution in [2.75, 3.05) is 0 Å². The molecule has 1 aromatic heterocycles. The molecular formula is C16H19NO. The van der Waals surface area contributed by atoms with Crippen molar-refractivity contribution in [1.82, 2.24) is 4.98 Å². The molecule has 2 nitrogen and oxygen atoms in total. The molecule has 0 unspecified atom stereocenters. The van der Waals surface area contributed by atoms with Crippen LogP contribution in [0.1, 0.15) is 37.4 Å². The van der Waals surface area contributed by atoms with Crippen molar-refractivity contribution >= 4 is 16.7 Å². The minimum Gasteiger partial charge on any atom is -0.300 e. The van der Waals surface area contributed by atoms with Crippen molar-refractivity contribution in [2.24, 2.45) is 0 Å². The van der Waals surface area contributed by atoms with Crippen molar-refractivity contribution in [2.45, 2.75) is 39.5 Å². The number of fused-ring (bicyclic) bond motifs is 1. The molecule has 0 aliphatic rings. The zero-order valence-corrected chi connectivity index (χ0v) is 11.1. The topological polar surface area (TPSA) is 30.0 Å². The van der Waals surface area contributed by atoms with Gasteiger partial charge in [-0.1, -0.05) is 25.1 Å². The first kappa shape index (κ1) is 12.7. The van der Waals surface area contributed by atoms with Crippen LogP contribution in [0.4, 0.5) is 0 Å². The Kier molecular flexibility index (Phi) is 4.08. The van der Waals surface area contributed by atoms with E-state index >= 15 is 0 Å². The first-order valence-corrected chi connectivity index (χ1v) is 6.57. The molecule has 0 radical (unpaired) electrons. The van der Waals surface area contributed by atoms with Crippen LogP contribution in [0.5, 0.6) is 0 Å². The quantitative estimate of drug-likeness (QED) is 0.796. The first-order chi connectivity index (χ1) is 8.70. The lowest BCUT2D eigenvalue weighted by Gasteiger charge is -2.07. The molecule has 0 amide bonds. The largest absolute Gasteiger partial charge is 0.300 e. The van der Waals surface area contributed by atoms with Gasteiger partial charge < -0.3 is 0 Å². The molecule has 0 bridgehead atoms. The molecule has 2 aromatic rings. The van der Waals surface area contributed by atoms with Crippen LogP contribution in [-0.2, 0) is 11.2 Å². The van der Waals surface area contributed by atoms with Gasteiger partial charge in [-0.15, -0.1) is 0 Å². The second-order valence-corrected chi connectivity index (χ2v) is 4.73. The van der Waals surface area contributed by atoms with E-state index in [2.05, 4.69) is 17.1 Å². The van der Waals surface area contributed by atoms with Crippen LogP contribution < -0.4 is 0 Å². The lowest BCUT2D eigenvalue weighted by atomic mass is 10.0. The molecule has 1 aromatic carbocycles. The molecule has 0 aliphatic heterocycles. The summed E-state index contributed by atoms with van der Waals surface area (Å²) in [4.78, 5) is 16.1. The number of pyridine rings is 1. The van der Waals surface area contributed by atoms with E-state index in [4.69, 9.17) is 0 Å². The summed E-state index contributed by atoms with van der Waals surface area (Å²) in [6, 6.07) is 10.2. The molecule has 0 N–H and O–H groups in total. The van der Waals surface area contributed by atoms with Gasteiger partial charge in [0, 0.05) is 23.9 Å². The van der Waals surface area contributed by atoms with Crippen molar-refractivity contribution in [3.05, 3.63) is 41.6 Å². The monoisotopic (exact) mass is 241 g/mol. The van der Waals surface area contributed by atoms with Gasteiger partial charge in [-0.05, 0) is 37.5 Å². The van der Waals surface area contributed by atoms with Crippen molar-refractivity contribution in [1.29, 1.82) is 0 Å². The zero-order chi connectivity index (χ0) is 13.0. The highest BCUT2D eigenvalue weighted by atomic mass is 16.1. The Morgan fingerprint density at radius 1 is 1.22 bits per heavy atom. The standard InChI is InChI=1S/C16H19NO/c1-3-6-14(18)10-9-13-11-12(2)17-16-8-5-4-7-15(13)16/h4-5,7-8,11H,3,6,9-10H2,1-2H3. The highest BCUT2D eigenvalue weighted by molar-refractivity contribution is 5.84. The summed E-state index contributed by atoms with van der Waals surface area (Å²) in [6.45, 7) is 4.05. The van der Waals surface area contributed by atoms with E-state index in [1.807, 2.05) is 32.0 Å². The van der Waals surface area contributed by atoms with Gasteiger partial charge in [-0.3, -0.25) is 9.78 Å². The number of ketones is 1. The predicted molar refractivity (Wildman–Crippen MR) is 74.7 cm³/mol. The second kappa shape index (κ2) is 5.76. The van der Waals surface area contributed by atoms with Gasteiger partial charge in [0.05, 0.1) is 5.52 Å². The molecular weight excluding hydrogens is 222 g/mol. The van der Waals surface area contributed by atoms with Gasteiger partial charge in [0.2, 0.25) is 0 Å². The fourth-order valence-corrected chi connectivity index (χ4v) is 2.28. The number of nitrogens with zero attached hydrogens (tertiary/aromatic N) is 1. The van der Waals surface area contributed by atoms with Crippen LogP contribution in [0.25, 0.3) is 10.9 Å². The molecule has 0 saturated carbocycles. The molecule has 0 atom stereocenters. The van der Waals surface area contributed by atoms with E-state index in [-0.39, 0.29) is 0 Å². The highest BCUT2D eigenvalue weighted by Gasteiger charge is 2.06. The number of aryl methyl sites for hydroxylation is 2. The number of aromatic nitrogens is 1. The van der Waals surface area contributed by atoms with Crippen LogP contribution >= 0.6 is 0 Å². The number of rotatable bonds is 5. The Hall–Kier alpha value is -1.70. The van der Waals surface area contributed by atoms with Gasteiger partial charge in [-0.25, -0.2) is 0 Å². The summed E-state index contributed by atoms with van der Waals surface area (Å²) in [6.07, 6.45) is 3.10. The minimum atomic E-state index is 0.357. The average Bonchev–Trinajstić information content (AvgIpc) is 2.36. The lowest BCUT2D eigenvalue weighted by Crippen LogP contribution is -2.00. The van der Waals surface area contributed by atoms with E-state index in [0.29, 0.717) is 18.6 Å². The number of hydrogen-bond donors (Lipinski definition) is 0. The normalized spacial score (nSPS) is 10.8. The van der Waals surface area contributed by atoms with Crippen LogP contribution in [0.3, 0.4) is 0 Å². The van der Waals surface area contributed by atoms with E-state index in [1.54, 1.807) is 0 Å². The maximum atomic E-state index is 11.6. The van der Waals surface area contributed by atoms with Crippen LogP contribution in [0.15, 0.2) is 30.3 Å². The molecule has 1 heterocycles. The average molecular weight is 241 g/mol. The van der Waals surface area contributed by atoms with Gasteiger partial charge >= 0.3 is 0 Å². The smallest absolute Gasteiger partial charge is 0.133 e.